The molecule has 1 N–H and O–H groups in total. The van der Waals surface area contributed by atoms with Gasteiger partial charge in [-0.15, -0.1) is 0 Å². The summed E-state index contributed by atoms with van der Waals surface area (Å²) in [6.07, 6.45) is 1.56. The van der Waals surface area contributed by atoms with E-state index in [9.17, 15) is 10.1 Å². The second-order valence-corrected chi connectivity index (χ2v) is 5.90. The number of nitrogens with one attached hydrogen (secondary N) is 1. The first-order chi connectivity index (χ1) is 12.0. The van der Waals surface area contributed by atoms with E-state index in [2.05, 4.69) is 19.2 Å². The molecule has 2 aromatic carbocycles. The molecule has 1 amide bonds. The van der Waals surface area contributed by atoms with Crippen molar-refractivity contribution in [2.45, 2.75) is 26.7 Å². The van der Waals surface area contributed by atoms with Gasteiger partial charge in [-0.05, 0) is 54.3 Å². The van der Waals surface area contributed by atoms with Gasteiger partial charge in [0.15, 0.2) is 0 Å². The molecule has 4 nitrogen and oxygen atoms in total. The molecule has 0 aliphatic carbocycles. The monoisotopic (exact) mass is 334 g/mol. The number of amides is 1. The van der Waals surface area contributed by atoms with Gasteiger partial charge in [-0.2, -0.15) is 5.26 Å². The summed E-state index contributed by atoms with van der Waals surface area (Å²) in [6, 6.07) is 16.8. The molecule has 0 saturated heterocycles. The SMILES string of the molecule is CCOc1ccc(/C=C(\C#N)C(=O)Nc2ccc(C(C)C)cc2)cc1. The average molecular weight is 334 g/mol. The molecule has 0 saturated carbocycles. The van der Waals surface area contributed by atoms with E-state index in [1.807, 2.05) is 61.5 Å². The zero-order chi connectivity index (χ0) is 18.2. The third kappa shape index (κ3) is 5.22. The van der Waals surface area contributed by atoms with Gasteiger partial charge in [-0.3, -0.25) is 4.79 Å². The average Bonchev–Trinajstić information content (AvgIpc) is 2.61. The number of rotatable bonds is 6. The molecule has 2 rings (SSSR count). The lowest BCUT2D eigenvalue weighted by Gasteiger charge is -2.08. The van der Waals surface area contributed by atoms with Crippen LogP contribution in [0.15, 0.2) is 54.1 Å². The molecule has 0 bridgehead atoms. The zero-order valence-corrected chi connectivity index (χ0v) is 14.7. The molecule has 0 spiro atoms. The van der Waals surface area contributed by atoms with E-state index < -0.39 is 5.91 Å². The molecular formula is C21H22N2O2. The number of hydrogen-bond acceptors (Lipinski definition) is 3. The van der Waals surface area contributed by atoms with Crippen LogP contribution in [0.5, 0.6) is 5.75 Å². The van der Waals surface area contributed by atoms with E-state index in [-0.39, 0.29) is 5.57 Å². The molecule has 0 aromatic heterocycles. The summed E-state index contributed by atoms with van der Waals surface area (Å²) < 4.78 is 5.38. The molecule has 0 atom stereocenters. The highest BCUT2D eigenvalue weighted by Gasteiger charge is 2.10. The van der Waals surface area contributed by atoms with Crippen molar-refractivity contribution in [3.05, 3.63) is 65.2 Å². The molecule has 2 aromatic rings. The maximum Gasteiger partial charge on any atom is 0.266 e. The predicted octanol–water partition coefficient (Wildman–Crippen LogP) is 4.75. The fraction of sp³-hybridized carbons (Fsp3) is 0.238. The molecule has 0 radical (unpaired) electrons. The lowest BCUT2D eigenvalue weighted by atomic mass is 10.0. The molecule has 0 aliphatic heterocycles. The minimum absolute atomic E-state index is 0.0529. The minimum atomic E-state index is -0.423. The zero-order valence-electron chi connectivity index (χ0n) is 14.7. The van der Waals surface area contributed by atoms with Gasteiger partial charge >= 0.3 is 0 Å². The van der Waals surface area contributed by atoms with Crippen molar-refractivity contribution in [1.82, 2.24) is 0 Å². The van der Waals surface area contributed by atoms with Crippen molar-refractivity contribution in [3.63, 3.8) is 0 Å². The molecule has 4 heteroatoms. The summed E-state index contributed by atoms with van der Waals surface area (Å²) >= 11 is 0. The summed E-state index contributed by atoms with van der Waals surface area (Å²) in [7, 11) is 0. The Hall–Kier alpha value is -3.06. The summed E-state index contributed by atoms with van der Waals surface area (Å²) in [6.45, 7) is 6.73. The molecule has 0 unspecified atom stereocenters. The van der Waals surface area contributed by atoms with Gasteiger partial charge in [0.2, 0.25) is 0 Å². The molecule has 0 aliphatic rings. The third-order valence-electron chi connectivity index (χ3n) is 3.70. The molecule has 0 fully saturated rings. The van der Waals surface area contributed by atoms with E-state index in [4.69, 9.17) is 4.74 Å². The highest BCUT2D eigenvalue weighted by Crippen LogP contribution is 2.18. The summed E-state index contributed by atoms with van der Waals surface area (Å²) in [5.74, 6) is 0.764. The van der Waals surface area contributed by atoms with Crippen LogP contribution in [-0.4, -0.2) is 12.5 Å². The van der Waals surface area contributed by atoms with Crippen LogP contribution in [-0.2, 0) is 4.79 Å². The van der Waals surface area contributed by atoms with Crippen molar-refractivity contribution in [2.75, 3.05) is 11.9 Å². The van der Waals surface area contributed by atoms with Gasteiger partial charge in [0.05, 0.1) is 6.61 Å². The largest absolute Gasteiger partial charge is 0.494 e. The molecule has 128 valence electrons. The van der Waals surface area contributed by atoms with E-state index >= 15 is 0 Å². The highest BCUT2D eigenvalue weighted by molar-refractivity contribution is 6.09. The van der Waals surface area contributed by atoms with Crippen molar-refractivity contribution < 1.29 is 9.53 Å². The number of nitriles is 1. The van der Waals surface area contributed by atoms with Crippen LogP contribution in [0, 0.1) is 11.3 Å². The first-order valence-electron chi connectivity index (χ1n) is 8.29. The Bertz CT molecular complexity index is 782. The Morgan fingerprint density at radius 2 is 1.80 bits per heavy atom. The number of carbonyl (C=O) groups excluding carboxylic acids is 1. The van der Waals surface area contributed by atoms with Crippen LogP contribution in [0.1, 0.15) is 37.8 Å². The summed E-state index contributed by atoms with van der Waals surface area (Å²) in [5, 5.41) is 12.0. The first-order valence-corrected chi connectivity index (χ1v) is 8.29. The maximum absolute atomic E-state index is 12.3. The van der Waals surface area contributed by atoms with Crippen LogP contribution in [0.25, 0.3) is 6.08 Å². The Morgan fingerprint density at radius 1 is 1.16 bits per heavy atom. The van der Waals surface area contributed by atoms with Crippen LogP contribution in [0.3, 0.4) is 0 Å². The van der Waals surface area contributed by atoms with E-state index in [0.29, 0.717) is 18.2 Å². The highest BCUT2D eigenvalue weighted by atomic mass is 16.5. The van der Waals surface area contributed by atoms with Crippen LogP contribution in [0.4, 0.5) is 5.69 Å². The van der Waals surface area contributed by atoms with Crippen molar-refractivity contribution in [3.8, 4) is 11.8 Å². The fourth-order valence-electron chi connectivity index (χ4n) is 2.29. The van der Waals surface area contributed by atoms with Gasteiger partial charge in [-0.1, -0.05) is 38.1 Å². The Labute approximate surface area is 148 Å². The number of benzene rings is 2. The van der Waals surface area contributed by atoms with Gasteiger partial charge in [0.1, 0.15) is 17.4 Å². The third-order valence-corrected chi connectivity index (χ3v) is 3.70. The first kappa shape index (κ1) is 18.3. The van der Waals surface area contributed by atoms with Crippen molar-refractivity contribution >= 4 is 17.7 Å². The lowest BCUT2D eigenvalue weighted by molar-refractivity contribution is -0.112. The molecule has 0 heterocycles. The van der Waals surface area contributed by atoms with Crippen LogP contribution >= 0.6 is 0 Å². The Morgan fingerprint density at radius 3 is 2.32 bits per heavy atom. The number of anilines is 1. The summed E-state index contributed by atoms with van der Waals surface area (Å²) in [4.78, 5) is 12.3. The van der Waals surface area contributed by atoms with Gasteiger partial charge < -0.3 is 10.1 Å². The number of nitrogens with zero attached hydrogens (tertiary/aromatic N) is 1. The molecular weight excluding hydrogens is 312 g/mol. The topological polar surface area (TPSA) is 62.1 Å². The number of ether oxygens (including phenoxy) is 1. The van der Waals surface area contributed by atoms with Crippen LogP contribution < -0.4 is 10.1 Å². The quantitative estimate of drug-likeness (QED) is 0.612. The van der Waals surface area contributed by atoms with Gasteiger partial charge in [0.25, 0.3) is 5.91 Å². The van der Waals surface area contributed by atoms with E-state index in [0.717, 1.165) is 11.3 Å². The normalized spacial score (nSPS) is 11.1. The van der Waals surface area contributed by atoms with Crippen molar-refractivity contribution in [1.29, 1.82) is 5.26 Å². The van der Waals surface area contributed by atoms with E-state index in [1.165, 1.54) is 5.56 Å². The molecule has 25 heavy (non-hydrogen) atoms. The Balaban J connectivity index is 2.10. The van der Waals surface area contributed by atoms with Crippen LogP contribution in [0.2, 0.25) is 0 Å². The Kier molecular flexibility index (Phi) is 6.36. The maximum atomic E-state index is 12.3. The number of carbonyl (C=O) groups is 1. The van der Waals surface area contributed by atoms with Crippen molar-refractivity contribution in [2.24, 2.45) is 0 Å². The number of hydrogen-bond donors (Lipinski definition) is 1. The fourth-order valence-corrected chi connectivity index (χ4v) is 2.29. The standard InChI is InChI=1S/C21H22N2O2/c1-4-25-20-11-5-16(6-12-20)13-18(14-22)21(24)23-19-9-7-17(8-10-19)15(2)3/h5-13,15H,4H2,1-3H3,(H,23,24)/b18-13+. The van der Waals surface area contributed by atoms with Gasteiger partial charge in [0, 0.05) is 5.69 Å². The predicted molar refractivity (Wildman–Crippen MR) is 100 cm³/mol. The van der Waals surface area contributed by atoms with E-state index in [1.54, 1.807) is 6.08 Å². The summed E-state index contributed by atoms with van der Waals surface area (Å²) in [5.41, 5.74) is 2.69. The second kappa shape index (κ2) is 8.70. The van der Waals surface area contributed by atoms with Gasteiger partial charge in [-0.25, -0.2) is 0 Å². The lowest BCUT2D eigenvalue weighted by Crippen LogP contribution is -2.13. The second-order valence-electron chi connectivity index (χ2n) is 5.90. The minimum Gasteiger partial charge on any atom is -0.494 e. The smallest absolute Gasteiger partial charge is 0.266 e.